The third-order valence-electron chi connectivity index (χ3n) is 5.30. The largest absolute Gasteiger partial charge is 0.494 e. The Labute approximate surface area is 188 Å². The third-order valence-corrected chi connectivity index (χ3v) is 7.08. The van der Waals surface area contributed by atoms with Gasteiger partial charge >= 0.3 is 5.97 Å². The Morgan fingerprint density at radius 3 is 2.19 bits per heavy atom. The molecule has 3 rings (SSSR count). The maximum absolute atomic E-state index is 13.3. The highest BCUT2D eigenvalue weighted by Gasteiger charge is 2.28. The van der Waals surface area contributed by atoms with Gasteiger partial charge in [0.05, 0.1) is 30.4 Å². The Kier molecular flexibility index (Phi) is 6.15. The van der Waals surface area contributed by atoms with Gasteiger partial charge in [-0.1, -0.05) is 38.1 Å². The predicted octanol–water partition coefficient (Wildman–Crippen LogP) is 3.81. The lowest BCUT2D eigenvalue weighted by Crippen LogP contribution is -2.12. The van der Waals surface area contributed by atoms with E-state index in [1.54, 1.807) is 32.0 Å². The van der Waals surface area contributed by atoms with E-state index < -0.39 is 15.8 Å². The van der Waals surface area contributed by atoms with Gasteiger partial charge in [-0.3, -0.25) is 0 Å². The van der Waals surface area contributed by atoms with Gasteiger partial charge in [-0.05, 0) is 54.7 Å². The van der Waals surface area contributed by atoms with Crippen LogP contribution >= 0.6 is 0 Å². The van der Waals surface area contributed by atoms with Crippen molar-refractivity contribution in [3.05, 3.63) is 58.8 Å². The number of benzene rings is 2. The van der Waals surface area contributed by atoms with Crippen LogP contribution in [0.3, 0.4) is 0 Å². The van der Waals surface area contributed by atoms with Crippen molar-refractivity contribution in [3.8, 4) is 11.4 Å². The van der Waals surface area contributed by atoms with Gasteiger partial charge in [0.15, 0.2) is 0 Å². The first-order chi connectivity index (χ1) is 14.9. The molecule has 3 aromatic rings. The molecule has 0 bridgehead atoms. The first-order valence-electron chi connectivity index (χ1n) is 9.97. The Hall–Kier alpha value is -3.20. The highest BCUT2D eigenvalue weighted by Crippen LogP contribution is 2.31. The molecule has 0 radical (unpaired) electrons. The number of aryl methyl sites for hydroxylation is 1. The molecule has 0 atom stereocenters. The maximum atomic E-state index is 13.3. The topological polar surface area (TPSA) is 100 Å². The lowest BCUT2D eigenvalue weighted by atomic mass is 9.87. The molecule has 1 heterocycles. The monoisotopic (exact) mass is 457 g/mol. The minimum absolute atomic E-state index is 0.0912. The van der Waals surface area contributed by atoms with Crippen molar-refractivity contribution in [3.63, 3.8) is 0 Å². The van der Waals surface area contributed by atoms with Gasteiger partial charge in [0.25, 0.3) is 0 Å². The Bertz CT molecular complexity index is 1270. The van der Waals surface area contributed by atoms with Gasteiger partial charge < -0.3 is 9.47 Å². The zero-order chi connectivity index (χ0) is 23.8. The predicted molar refractivity (Wildman–Crippen MR) is 119 cm³/mol. The highest BCUT2D eigenvalue weighted by molar-refractivity contribution is 7.91. The van der Waals surface area contributed by atoms with Crippen molar-refractivity contribution in [1.82, 2.24) is 15.0 Å². The molecular formula is C23H27N3O5S. The number of hydrogen-bond donors (Lipinski definition) is 0. The summed E-state index contributed by atoms with van der Waals surface area (Å²) in [5.41, 5.74) is 2.71. The SMILES string of the molecule is COC(=O)c1cc(OC)c(-n2nnc(S(=O)(=O)c3ccc(C(C)(C)C)cc3)c2C)cc1C. The van der Waals surface area contributed by atoms with Crippen LogP contribution in [-0.4, -0.2) is 43.6 Å². The molecule has 0 spiro atoms. The first-order valence-corrected chi connectivity index (χ1v) is 11.5. The van der Waals surface area contributed by atoms with Crippen LogP contribution in [0.1, 0.15) is 48.0 Å². The lowest BCUT2D eigenvalue weighted by Gasteiger charge is -2.19. The lowest BCUT2D eigenvalue weighted by molar-refractivity contribution is 0.0599. The molecular weight excluding hydrogens is 430 g/mol. The Morgan fingerprint density at radius 1 is 1.03 bits per heavy atom. The van der Waals surface area contributed by atoms with Crippen LogP contribution in [0, 0.1) is 13.8 Å². The molecule has 1 aromatic heterocycles. The summed E-state index contributed by atoms with van der Waals surface area (Å²) in [6.45, 7) is 9.56. The summed E-state index contributed by atoms with van der Waals surface area (Å²) in [5, 5.41) is 7.90. The van der Waals surface area contributed by atoms with E-state index in [1.165, 1.54) is 25.0 Å². The summed E-state index contributed by atoms with van der Waals surface area (Å²) < 4.78 is 38.1. The van der Waals surface area contributed by atoms with Gasteiger partial charge in [0.1, 0.15) is 11.4 Å². The minimum Gasteiger partial charge on any atom is -0.494 e. The Morgan fingerprint density at radius 2 is 1.66 bits per heavy atom. The average molecular weight is 458 g/mol. The van der Waals surface area contributed by atoms with Crippen LogP contribution in [0.15, 0.2) is 46.3 Å². The number of carbonyl (C=O) groups is 1. The van der Waals surface area contributed by atoms with E-state index >= 15 is 0 Å². The fourth-order valence-electron chi connectivity index (χ4n) is 3.37. The van der Waals surface area contributed by atoms with Gasteiger partial charge in [-0.25, -0.2) is 17.9 Å². The number of ether oxygens (including phenoxy) is 2. The molecule has 170 valence electrons. The van der Waals surface area contributed by atoms with Crippen molar-refractivity contribution in [2.45, 2.75) is 50.0 Å². The minimum atomic E-state index is -3.88. The van der Waals surface area contributed by atoms with E-state index in [1.807, 2.05) is 12.1 Å². The number of methoxy groups -OCH3 is 2. The number of rotatable bonds is 5. The maximum Gasteiger partial charge on any atom is 0.338 e. The van der Waals surface area contributed by atoms with E-state index in [9.17, 15) is 13.2 Å². The second kappa shape index (κ2) is 8.38. The van der Waals surface area contributed by atoms with Crippen LogP contribution in [0.4, 0.5) is 0 Å². The third kappa shape index (κ3) is 4.12. The van der Waals surface area contributed by atoms with Crippen molar-refractivity contribution >= 4 is 15.8 Å². The summed E-state index contributed by atoms with van der Waals surface area (Å²) in [6.07, 6.45) is 0. The number of nitrogens with zero attached hydrogens (tertiary/aromatic N) is 3. The zero-order valence-corrected chi connectivity index (χ0v) is 20.1. The molecule has 32 heavy (non-hydrogen) atoms. The smallest absolute Gasteiger partial charge is 0.338 e. The summed E-state index contributed by atoms with van der Waals surface area (Å²) in [7, 11) is -1.13. The van der Waals surface area contributed by atoms with Crippen LogP contribution in [-0.2, 0) is 20.0 Å². The molecule has 9 heteroatoms. The molecule has 0 aliphatic rings. The zero-order valence-electron chi connectivity index (χ0n) is 19.3. The standard InChI is InChI=1S/C23H27N3O5S/c1-14-12-19(20(30-6)13-18(14)22(27)31-7)26-15(2)21(24-25-26)32(28,29)17-10-8-16(9-11-17)23(3,4)5/h8-13H,1-7H3. The fourth-order valence-corrected chi connectivity index (χ4v) is 4.71. The molecule has 0 fully saturated rings. The quantitative estimate of drug-likeness (QED) is 0.537. The first kappa shape index (κ1) is 23.5. The molecule has 0 aliphatic carbocycles. The van der Waals surface area contributed by atoms with Crippen LogP contribution in [0.25, 0.3) is 5.69 Å². The molecule has 0 amide bonds. The second-order valence-corrected chi connectivity index (χ2v) is 10.4. The van der Waals surface area contributed by atoms with Crippen molar-refractivity contribution < 1.29 is 22.7 Å². The number of esters is 1. The second-order valence-electron chi connectivity index (χ2n) is 8.50. The van der Waals surface area contributed by atoms with Crippen LogP contribution in [0.2, 0.25) is 0 Å². The molecule has 0 saturated heterocycles. The van der Waals surface area contributed by atoms with Crippen LogP contribution in [0.5, 0.6) is 5.75 Å². The summed E-state index contributed by atoms with van der Waals surface area (Å²) >= 11 is 0. The van der Waals surface area contributed by atoms with Gasteiger partial charge in [-0.2, -0.15) is 0 Å². The highest BCUT2D eigenvalue weighted by atomic mass is 32.2. The van der Waals surface area contributed by atoms with E-state index in [0.717, 1.165) is 5.56 Å². The summed E-state index contributed by atoms with van der Waals surface area (Å²) in [6, 6.07) is 10.0. The Balaban J connectivity index is 2.09. The molecule has 0 saturated carbocycles. The number of carbonyl (C=O) groups excluding carboxylic acids is 1. The normalized spacial score (nSPS) is 12.0. The number of hydrogen-bond acceptors (Lipinski definition) is 7. The van der Waals surface area contributed by atoms with E-state index in [2.05, 4.69) is 31.1 Å². The summed E-state index contributed by atoms with van der Waals surface area (Å²) in [5.74, 6) is -0.160. The van der Waals surface area contributed by atoms with E-state index in [0.29, 0.717) is 28.3 Å². The molecule has 0 aliphatic heterocycles. The van der Waals surface area contributed by atoms with Gasteiger partial charge in [0, 0.05) is 0 Å². The van der Waals surface area contributed by atoms with Gasteiger partial charge in [-0.15, -0.1) is 5.10 Å². The van der Waals surface area contributed by atoms with E-state index in [4.69, 9.17) is 9.47 Å². The van der Waals surface area contributed by atoms with Crippen LogP contribution < -0.4 is 4.74 Å². The average Bonchev–Trinajstić information content (AvgIpc) is 3.14. The van der Waals surface area contributed by atoms with Crippen molar-refractivity contribution in [2.75, 3.05) is 14.2 Å². The summed E-state index contributed by atoms with van der Waals surface area (Å²) in [4.78, 5) is 12.1. The van der Waals surface area contributed by atoms with Crippen molar-refractivity contribution in [2.24, 2.45) is 0 Å². The van der Waals surface area contributed by atoms with Gasteiger partial charge in [0.2, 0.25) is 14.9 Å². The molecule has 0 N–H and O–H groups in total. The van der Waals surface area contributed by atoms with E-state index in [-0.39, 0.29) is 15.3 Å². The number of aromatic nitrogens is 3. The fraction of sp³-hybridized carbons (Fsp3) is 0.348. The molecule has 2 aromatic carbocycles. The molecule has 8 nitrogen and oxygen atoms in total. The molecule has 0 unspecified atom stereocenters. The number of sulfone groups is 1. The van der Waals surface area contributed by atoms with Crippen molar-refractivity contribution in [1.29, 1.82) is 0 Å².